The molecule has 0 saturated carbocycles. The number of nitrogens with one attached hydrogen (secondary N) is 1. The summed E-state index contributed by atoms with van der Waals surface area (Å²) in [7, 11) is -3.85. The summed E-state index contributed by atoms with van der Waals surface area (Å²) >= 11 is 6.04. The Labute approximate surface area is 230 Å². The van der Waals surface area contributed by atoms with Gasteiger partial charge in [-0.05, 0) is 49.1 Å². The van der Waals surface area contributed by atoms with E-state index in [0.29, 0.717) is 42.7 Å². The fourth-order valence-electron chi connectivity index (χ4n) is 4.04. The first-order chi connectivity index (χ1) is 18.1. The average Bonchev–Trinajstić information content (AvgIpc) is 2.91. The van der Waals surface area contributed by atoms with Gasteiger partial charge < -0.3 is 19.7 Å². The second-order valence-electron chi connectivity index (χ2n) is 9.45. The predicted molar refractivity (Wildman–Crippen MR) is 148 cm³/mol. The molecule has 208 valence electrons. The normalized spacial score (nSPS) is 13.6. The van der Waals surface area contributed by atoms with E-state index < -0.39 is 28.5 Å². The number of hydrogen-bond donors (Lipinski definition) is 1. The zero-order valence-electron chi connectivity index (χ0n) is 22.3. The van der Waals surface area contributed by atoms with Crippen LogP contribution in [0.3, 0.4) is 0 Å². The van der Waals surface area contributed by atoms with Crippen molar-refractivity contribution in [3.05, 3.63) is 53.1 Å². The number of halogens is 1. The van der Waals surface area contributed by atoms with Gasteiger partial charge in [0, 0.05) is 24.2 Å². The van der Waals surface area contributed by atoms with Gasteiger partial charge in [-0.25, -0.2) is 8.42 Å². The third kappa shape index (κ3) is 7.54. The van der Waals surface area contributed by atoms with Gasteiger partial charge in [0.15, 0.2) is 11.5 Å². The molecule has 0 fully saturated rings. The molecular formula is C27H36ClN3O6S. The van der Waals surface area contributed by atoms with Crippen LogP contribution in [-0.4, -0.2) is 63.2 Å². The number of hydrogen-bond acceptors (Lipinski definition) is 6. The molecule has 0 spiro atoms. The van der Waals surface area contributed by atoms with Crippen molar-refractivity contribution in [2.75, 3.05) is 36.4 Å². The maximum absolute atomic E-state index is 13.9. The maximum Gasteiger partial charge on any atom is 0.244 e. The summed E-state index contributed by atoms with van der Waals surface area (Å²) in [6.45, 7) is 8.16. The zero-order chi connectivity index (χ0) is 27.9. The molecule has 0 unspecified atom stereocenters. The van der Waals surface area contributed by atoms with Crippen LogP contribution in [0.4, 0.5) is 5.69 Å². The number of sulfonamides is 1. The molecule has 2 amide bonds. The van der Waals surface area contributed by atoms with E-state index in [1.807, 2.05) is 20.8 Å². The van der Waals surface area contributed by atoms with Gasteiger partial charge in [-0.3, -0.25) is 13.9 Å². The van der Waals surface area contributed by atoms with E-state index in [4.69, 9.17) is 21.1 Å². The maximum atomic E-state index is 13.9. The highest BCUT2D eigenvalue weighted by atomic mass is 35.5. The van der Waals surface area contributed by atoms with Gasteiger partial charge in [0.25, 0.3) is 0 Å². The van der Waals surface area contributed by atoms with Gasteiger partial charge in [0.05, 0.1) is 11.4 Å². The first-order valence-corrected chi connectivity index (χ1v) is 14.8. The Hall–Kier alpha value is -2.98. The number of carbonyl (C=O) groups excluding carboxylic acids is 2. The van der Waals surface area contributed by atoms with Crippen LogP contribution in [-0.2, 0) is 26.2 Å². The Kier molecular flexibility index (Phi) is 10.3. The Bertz CT molecular complexity index is 1220. The standard InChI is InChI=1S/C27H36ClN3O6S/c1-5-23(27(33)29-16-19(3)4)30(17-20-7-9-21(28)10-8-20)26(32)18-31(38(34,35)6-2)22-11-12-24-25(15-22)37-14-13-36-24/h7-12,15,19,23H,5-6,13-14,16-18H2,1-4H3,(H,29,33)/t23-/m1/s1. The van der Waals surface area contributed by atoms with Crippen molar-refractivity contribution in [1.29, 1.82) is 0 Å². The second kappa shape index (κ2) is 13.2. The van der Waals surface area contributed by atoms with Crippen molar-refractivity contribution in [3.63, 3.8) is 0 Å². The van der Waals surface area contributed by atoms with E-state index in [1.54, 1.807) is 42.5 Å². The molecule has 0 saturated heterocycles. The summed E-state index contributed by atoms with van der Waals surface area (Å²) in [4.78, 5) is 28.4. The minimum atomic E-state index is -3.85. The highest BCUT2D eigenvalue weighted by Gasteiger charge is 2.33. The monoisotopic (exact) mass is 565 g/mol. The lowest BCUT2D eigenvalue weighted by Gasteiger charge is -2.33. The van der Waals surface area contributed by atoms with Gasteiger partial charge in [0.1, 0.15) is 25.8 Å². The molecular weight excluding hydrogens is 530 g/mol. The quantitative estimate of drug-likeness (QED) is 0.419. The van der Waals surface area contributed by atoms with Crippen molar-refractivity contribution in [1.82, 2.24) is 10.2 Å². The summed E-state index contributed by atoms with van der Waals surface area (Å²) in [5.41, 5.74) is 1.05. The number of anilines is 1. The summed E-state index contributed by atoms with van der Waals surface area (Å²) in [6, 6.07) is 11.0. The van der Waals surface area contributed by atoms with Crippen LogP contribution in [0.5, 0.6) is 11.5 Å². The largest absolute Gasteiger partial charge is 0.486 e. The fraction of sp³-hybridized carbons (Fsp3) is 0.481. The molecule has 11 heteroatoms. The molecule has 0 aromatic heterocycles. The third-order valence-corrected chi connectivity index (χ3v) is 8.12. The molecule has 2 aromatic rings. The number of carbonyl (C=O) groups is 2. The smallest absolute Gasteiger partial charge is 0.244 e. The molecule has 1 atom stereocenters. The topological polar surface area (TPSA) is 105 Å². The lowest BCUT2D eigenvalue weighted by molar-refractivity contribution is -0.140. The van der Waals surface area contributed by atoms with Gasteiger partial charge in [-0.1, -0.05) is 44.5 Å². The first-order valence-electron chi connectivity index (χ1n) is 12.8. The van der Waals surface area contributed by atoms with Gasteiger partial charge in [-0.15, -0.1) is 0 Å². The number of fused-ring (bicyclic) bond motifs is 1. The lowest BCUT2D eigenvalue weighted by atomic mass is 10.1. The highest BCUT2D eigenvalue weighted by molar-refractivity contribution is 7.92. The minimum absolute atomic E-state index is 0.116. The summed E-state index contributed by atoms with van der Waals surface area (Å²) in [5, 5.41) is 3.46. The molecule has 1 aliphatic heterocycles. The van der Waals surface area contributed by atoms with E-state index in [-0.39, 0.29) is 29.8 Å². The lowest BCUT2D eigenvalue weighted by Crippen LogP contribution is -2.52. The third-order valence-electron chi connectivity index (χ3n) is 6.13. The SMILES string of the molecule is CC[C@H](C(=O)NCC(C)C)N(Cc1ccc(Cl)cc1)C(=O)CN(c1ccc2c(c1)OCCO2)S(=O)(=O)CC. The van der Waals surface area contributed by atoms with Gasteiger partial charge in [-0.2, -0.15) is 0 Å². The summed E-state index contributed by atoms with van der Waals surface area (Å²) in [6.07, 6.45) is 0.355. The van der Waals surface area contributed by atoms with E-state index >= 15 is 0 Å². The molecule has 38 heavy (non-hydrogen) atoms. The number of rotatable bonds is 12. The molecule has 1 aliphatic rings. The molecule has 9 nitrogen and oxygen atoms in total. The van der Waals surface area contributed by atoms with E-state index in [2.05, 4.69) is 5.32 Å². The van der Waals surface area contributed by atoms with Gasteiger partial charge >= 0.3 is 0 Å². The number of amides is 2. The van der Waals surface area contributed by atoms with E-state index in [9.17, 15) is 18.0 Å². The number of nitrogens with zero attached hydrogens (tertiary/aromatic N) is 2. The first kappa shape index (κ1) is 29.6. The molecule has 2 aromatic carbocycles. The second-order valence-corrected chi connectivity index (χ2v) is 12.1. The Morgan fingerprint density at radius 1 is 1.03 bits per heavy atom. The van der Waals surface area contributed by atoms with Crippen LogP contribution in [0, 0.1) is 5.92 Å². The Balaban J connectivity index is 1.96. The molecule has 0 radical (unpaired) electrons. The van der Waals surface area contributed by atoms with Crippen molar-refractivity contribution in [2.45, 2.75) is 46.7 Å². The molecule has 1 heterocycles. The van der Waals surface area contributed by atoms with Crippen LogP contribution in [0.2, 0.25) is 5.02 Å². The van der Waals surface area contributed by atoms with Crippen LogP contribution >= 0.6 is 11.6 Å². The molecule has 3 rings (SSSR count). The molecule has 0 bridgehead atoms. The molecule has 1 N–H and O–H groups in total. The zero-order valence-corrected chi connectivity index (χ0v) is 23.8. The van der Waals surface area contributed by atoms with Crippen LogP contribution in [0.15, 0.2) is 42.5 Å². The molecule has 0 aliphatic carbocycles. The van der Waals surface area contributed by atoms with E-state index in [0.717, 1.165) is 9.87 Å². The van der Waals surface area contributed by atoms with Crippen LogP contribution < -0.4 is 19.1 Å². The fourth-order valence-corrected chi connectivity index (χ4v) is 5.22. The van der Waals surface area contributed by atoms with E-state index in [1.165, 1.54) is 11.8 Å². The van der Waals surface area contributed by atoms with Crippen LogP contribution in [0.25, 0.3) is 0 Å². The van der Waals surface area contributed by atoms with Crippen molar-refractivity contribution in [2.24, 2.45) is 5.92 Å². The van der Waals surface area contributed by atoms with Crippen molar-refractivity contribution in [3.8, 4) is 11.5 Å². The minimum Gasteiger partial charge on any atom is -0.486 e. The Morgan fingerprint density at radius 2 is 1.68 bits per heavy atom. The van der Waals surface area contributed by atoms with Crippen molar-refractivity contribution >= 4 is 39.1 Å². The number of ether oxygens (including phenoxy) is 2. The van der Waals surface area contributed by atoms with Crippen molar-refractivity contribution < 1.29 is 27.5 Å². The number of benzene rings is 2. The summed E-state index contributed by atoms with van der Waals surface area (Å²) in [5.74, 6) is 0.161. The summed E-state index contributed by atoms with van der Waals surface area (Å²) < 4.78 is 38.6. The highest BCUT2D eigenvalue weighted by Crippen LogP contribution is 2.35. The average molecular weight is 566 g/mol. The van der Waals surface area contributed by atoms with Crippen LogP contribution in [0.1, 0.15) is 39.7 Å². The van der Waals surface area contributed by atoms with Gasteiger partial charge in [0.2, 0.25) is 21.8 Å². The predicted octanol–water partition coefficient (Wildman–Crippen LogP) is 3.85. The Morgan fingerprint density at radius 3 is 2.29 bits per heavy atom.